The molecule has 28 heavy (non-hydrogen) atoms. The van der Waals surface area contributed by atoms with Gasteiger partial charge in [0.15, 0.2) is 5.96 Å². The van der Waals surface area contributed by atoms with Crippen LogP contribution in [-0.2, 0) is 6.54 Å². The Morgan fingerprint density at radius 3 is 2.82 bits per heavy atom. The van der Waals surface area contributed by atoms with Gasteiger partial charge in [-0.15, -0.1) is 24.0 Å². The summed E-state index contributed by atoms with van der Waals surface area (Å²) in [6, 6.07) is 15.0. The number of rotatable bonds is 8. The van der Waals surface area contributed by atoms with Crippen LogP contribution in [0.1, 0.15) is 18.4 Å². The third-order valence-electron chi connectivity index (χ3n) is 4.75. The number of benzene rings is 1. The van der Waals surface area contributed by atoms with Crippen molar-refractivity contribution < 1.29 is 4.74 Å². The third-order valence-corrected chi connectivity index (χ3v) is 4.75. The predicted octanol–water partition coefficient (Wildman–Crippen LogP) is 2.91. The Morgan fingerprint density at radius 1 is 1.21 bits per heavy atom. The van der Waals surface area contributed by atoms with Gasteiger partial charge in [-0.3, -0.25) is 14.9 Å². The zero-order valence-electron chi connectivity index (χ0n) is 16.4. The Hall–Kier alpha value is -1.87. The molecule has 1 atom stereocenters. The monoisotopic (exact) mass is 495 g/mol. The maximum atomic E-state index is 5.65. The number of nitrogens with zero attached hydrogens (tertiary/aromatic N) is 3. The van der Waals surface area contributed by atoms with E-state index in [0.717, 1.165) is 31.3 Å². The smallest absolute Gasteiger partial charge is 0.191 e. The first-order valence-corrected chi connectivity index (χ1v) is 9.60. The van der Waals surface area contributed by atoms with Crippen LogP contribution in [0.5, 0.6) is 5.75 Å². The van der Waals surface area contributed by atoms with Crippen molar-refractivity contribution in [1.82, 2.24) is 20.5 Å². The minimum absolute atomic E-state index is 0. The van der Waals surface area contributed by atoms with Crippen molar-refractivity contribution >= 4 is 29.9 Å². The SMILES string of the molecule is CN=C(NCCOc1cccnc1)NCC1CCCN1Cc1ccccc1.I. The summed E-state index contributed by atoms with van der Waals surface area (Å²) in [7, 11) is 1.80. The van der Waals surface area contributed by atoms with Gasteiger partial charge in [-0.2, -0.15) is 0 Å². The number of ether oxygens (including phenoxy) is 1. The van der Waals surface area contributed by atoms with E-state index in [9.17, 15) is 0 Å². The van der Waals surface area contributed by atoms with Gasteiger partial charge in [0.2, 0.25) is 0 Å². The van der Waals surface area contributed by atoms with Crippen LogP contribution >= 0.6 is 24.0 Å². The van der Waals surface area contributed by atoms with Crippen molar-refractivity contribution in [2.45, 2.75) is 25.4 Å². The molecule has 1 aliphatic heterocycles. The third kappa shape index (κ3) is 7.27. The van der Waals surface area contributed by atoms with Crippen molar-refractivity contribution in [3.63, 3.8) is 0 Å². The summed E-state index contributed by atoms with van der Waals surface area (Å²) in [4.78, 5) is 10.9. The van der Waals surface area contributed by atoms with E-state index in [2.05, 4.69) is 55.8 Å². The summed E-state index contributed by atoms with van der Waals surface area (Å²) in [5, 5.41) is 6.76. The second kappa shape index (κ2) is 12.6. The number of aliphatic imine (C=N–C) groups is 1. The number of halogens is 1. The van der Waals surface area contributed by atoms with E-state index in [-0.39, 0.29) is 24.0 Å². The van der Waals surface area contributed by atoms with Crippen LogP contribution in [0.2, 0.25) is 0 Å². The number of nitrogens with one attached hydrogen (secondary N) is 2. The van der Waals surface area contributed by atoms with E-state index in [1.807, 2.05) is 12.1 Å². The highest BCUT2D eigenvalue weighted by Crippen LogP contribution is 2.19. The molecule has 0 spiro atoms. The summed E-state index contributed by atoms with van der Waals surface area (Å²) >= 11 is 0. The normalized spacial score (nSPS) is 17.0. The van der Waals surface area contributed by atoms with Crippen LogP contribution in [0.15, 0.2) is 59.9 Å². The minimum Gasteiger partial charge on any atom is -0.490 e. The van der Waals surface area contributed by atoms with Gasteiger partial charge in [-0.05, 0) is 37.1 Å². The van der Waals surface area contributed by atoms with Crippen molar-refractivity contribution in [3.8, 4) is 5.75 Å². The van der Waals surface area contributed by atoms with Crippen molar-refractivity contribution in [2.24, 2.45) is 4.99 Å². The fourth-order valence-corrected chi connectivity index (χ4v) is 3.36. The van der Waals surface area contributed by atoms with Gasteiger partial charge in [0.05, 0.1) is 12.7 Å². The van der Waals surface area contributed by atoms with E-state index >= 15 is 0 Å². The Bertz CT molecular complexity index is 698. The highest BCUT2D eigenvalue weighted by molar-refractivity contribution is 14.0. The number of guanidine groups is 1. The molecule has 0 amide bonds. The van der Waals surface area contributed by atoms with Crippen molar-refractivity contribution in [1.29, 1.82) is 0 Å². The highest BCUT2D eigenvalue weighted by atomic mass is 127. The Kier molecular flexibility index (Phi) is 10.1. The summed E-state index contributed by atoms with van der Waals surface area (Å²) in [5.74, 6) is 1.60. The molecule has 2 heterocycles. The number of aromatic nitrogens is 1. The van der Waals surface area contributed by atoms with Gasteiger partial charge >= 0.3 is 0 Å². The molecule has 2 aromatic rings. The fourth-order valence-electron chi connectivity index (χ4n) is 3.36. The molecule has 1 aromatic carbocycles. The molecule has 1 fully saturated rings. The quantitative estimate of drug-likeness (QED) is 0.255. The van der Waals surface area contributed by atoms with Crippen LogP contribution in [-0.4, -0.2) is 55.2 Å². The van der Waals surface area contributed by atoms with Gasteiger partial charge in [-0.1, -0.05) is 30.3 Å². The fraction of sp³-hybridized carbons (Fsp3) is 0.429. The van der Waals surface area contributed by atoms with Gasteiger partial charge in [0.1, 0.15) is 12.4 Å². The molecule has 0 radical (unpaired) electrons. The van der Waals surface area contributed by atoms with E-state index in [0.29, 0.717) is 19.2 Å². The molecule has 3 rings (SSSR count). The standard InChI is InChI=1S/C21H29N5O.HI/c1-22-21(24-12-14-27-20-10-5-11-23-16-20)25-15-19-9-6-13-26(19)17-18-7-3-2-4-8-18;/h2-5,7-8,10-11,16,19H,6,9,12-15,17H2,1H3,(H2,22,24,25);1H. The lowest BCUT2D eigenvalue weighted by Crippen LogP contribution is -2.45. The second-order valence-electron chi connectivity index (χ2n) is 6.67. The molecule has 1 aromatic heterocycles. The van der Waals surface area contributed by atoms with Gasteiger partial charge in [0, 0.05) is 32.4 Å². The average Bonchev–Trinajstić information content (AvgIpc) is 3.16. The largest absolute Gasteiger partial charge is 0.490 e. The number of hydrogen-bond acceptors (Lipinski definition) is 4. The molecule has 2 N–H and O–H groups in total. The maximum Gasteiger partial charge on any atom is 0.191 e. The van der Waals surface area contributed by atoms with E-state index in [1.54, 1.807) is 19.4 Å². The summed E-state index contributed by atoms with van der Waals surface area (Å²) in [5.41, 5.74) is 1.37. The first-order chi connectivity index (χ1) is 13.3. The summed E-state index contributed by atoms with van der Waals surface area (Å²) < 4.78 is 5.65. The Balaban J connectivity index is 0.00000280. The maximum absolute atomic E-state index is 5.65. The first-order valence-electron chi connectivity index (χ1n) is 9.60. The highest BCUT2D eigenvalue weighted by Gasteiger charge is 2.24. The predicted molar refractivity (Wildman–Crippen MR) is 124 cm³/mol. The van der Waals surface area contributed by atoms with Gasteiger partial charge in [0.25, 0.3) is 0 Å². The van der Waals surface area contributed by atoms with Crippen LogP contribution in [0.4, 0.5) is 0 Å². The molecule has 0 saturated carbocycles. The molecule has 0 bridgehead atoms. The number of likely N-dealkylation sites (tertiary alicyclic amines) is 1. The van der Waals surface area contributed by atoms with Gasteiger partial charge in [-0.25, -0.2) is 0 Å². The molecule has 1 saturated heterocycles. The van der Waals surface area contributed by atoms with E-state index < -0.39 is 0 Å². The molecule has 152 valence electrons. The summed E-state index contributed by atoms with van der Waals surface area (Å²) in [6.07, 6.45) is 5.93. The molecular formula is C21H30IN5O. The van der Waals surface area contributed by atoms with Crippen molar-refractivity contribution in [3.05, 3.63) is 60.4 Å². The van der Waals surface area contributed by atoms with E-state index in [1.165, 1.54) is 18.4 Å². The molecule has 1 aliphatic rings. The van der Waals surface area contributed by atoms with Crippen molar-refractivity contribution in [2.75, 3.05) is 33.3 Å². The molecule has 7 heteroatoms. The Labute approximate surface area is 184 Å². The molecule has 1 unspecified atom stereocenters. The second-order valence-corrected chi connectivity index (χ2v) is 6.67. The Morgan fingerprint density at radius 2 is 2.07 bits per heavy atom. The van der Waals surface area contributed by atoms with Crippen LogP contribution in [0.3, 0.4) is 0 Å². The topological polar surface area (TPSA) is 61.8 Å². The zero-order chi connectivity index (χ0) is 18.7. The number of hydrogen-bond donors (Lipinski definition) is 2. The lowest BCUT2D eigenvalue weighted by molar-refractivity contribution is 0.245. The van der Waals surface area contributed by atoms with Crippen LogP contribution in [0, 0.1) is 0 Å². The molecule has 6 nitrogen and oxygen atoms in total. The van der Waals surface area contributed by atoms with Crippen LogP contribution in [0.25, 0.3) is 0 Å². The average molecular weight is 495 g/mol. The van der Waals surface area contributed by atoms with Crippen LogP contribution < -0.4 is 15.4 Å². The number of pyridine rings is 1. The minimum atomic E-state index is 0. The zero-order valence-corrected chi connectivity index (χ0v) is 18.7. The lowest BCUT2D eigenvalue weighted by atomic mass is 10.2. The summed E-state index contributed by atoms with van der Waals surface area (Å²) in [6.45, 7) is 4.32. The lowest BCUT2D eigenvalue weighted by Gasteiger charge is -2.25. The molecule has 0 aliphatic carbocycles. The first kappa shape index (κ1) is 22.4. The molecular weight excluding hydrogens is 465 g/mol. The van der Waals surface area contributed by atoms with Gasteiger partial charge < -0.3 is 15.4 Å². The van der Waals surface area contributed by atoms with E-state index in [4.69, 9.17) is 4.74 Å².